The van der Waals surface area contributed by atoms with E-state index in [4.69, 9.17) is 0 Å². The van der Waals surface area contributed by atoms with Gasteiger partial charge in [-0.25, -0.2) is 4.79 Å². The topological polar surface area (TPSA) is 41.1 Å². The Morgan fingerprint density at radius 3 is 2.61 bits per heavy atom. The fourth-order valence-electron chi connectivity index (χ4n) is 1.60. The summed E-state index contributed by atoms with van der Waals surface area (Å²) in [4.78, 5) is 11.6. The molecule has 0 aromatic heterocycles. The summed E-state index contributed by atoms with van der Waals surface area (Å²) < 4.78 is 1.07. The number of rotatable bonds is 3. The van der Waals surface area contributed by atoms with Gasteiger partial charge in [-0.2, -0.15) is 0 Å². The highest BCUT2D eigenvalue weighted by atomic mass is 79.9. The number of urea groups is 1. The third-order valence-electron chi connectivity index (χ3n) is 2.48. The van der Waals surface area contributed by atoms with Gasteiger partial charge in [0.15, 0.2) is 0 Å². The van der Waals surface area contributed by atoms with E-state index in [1.165, 1.54) is 11.1 Å². The van der Waals surface area contributed by atoms with Crippen molar-refractivity contribution in [1.82, 2.24) is 10.6 Å². The van der Waals surface area contributed by atoms with Gasteiger partial charge in [0.1, 0.15) is 0 Å². The monoisotopic (exact) mass is 312 g/mol. The van der Waals surface area contributed by atoms with E-state index in [1.54, 1.807) is 0 Å². The number of aryl methyl sites for hydroxylation is 1. The molecule has 1 aromatic carbocycles. The van der Waals surface area contributed by atoms with Crippen molar-refractivity contribution in [2.75, 3.05) is 6.54 Å². The number of amides is 2. The van der Waals surface area contributed by atoms with E-state index in [2.05, 4.69) is 45.6 Å². The summed E-state index contributed by atoms with van der Waals surface area (Å²) in [5.74, 6) is 0. The van der Waals surface area contributed by atoms with E-state index in [0.29, 0.717) is 6.54 Å². The number of hydrogen-bond donors (Lipinski definition) is 2. The molecule has 0 saturated carbocycles. The van der Waals surface area contributed by atoms with Gasteiger partial charge in [-0.1, -0.05) is 22.0 Å². The molecule has 18 heavy (non-hydrogen) atoms. The molecular weight excluding hydrogens is 292 g/mol. The zero-order valence-corrected chi connectivity index (χ0v) is 13.0. The molecule has 1 aromatic rings. The van der Waals surface area contributed by atoms with Crippen LogP contribution in [0.1, 0.15) is 31.9 Å². The molecule has 2 N–H and O–H groups in total. The first-order valence-corrected chi connectivity index (χ1v) is 6.88. The van der Waals surface area contributed by atoms with Crippen LogP contribution in [0, 0.1) is 6.92 Å². The minimum atomic E-state index is -0.199. The van der Waals surface area contributed by atoms with Crippen LogP contribution in [-0.4, -0.2) is 18.1 Å². The van der Waals surface area contributed by atoms with Gasteiger partial charge >= 0.3 is 6.03 Å². The molecule has 0 atom stereocenters. The van der Waals surface area contributed by atoms with Crippen LogP contribution in [0.4, 0.5) is 4.79 Å². The van der Waals surface area contributed by atoms with Crippen LogP contribution in [-0.2, 0) is 6.42 Å². The van der Waals surface area contributed by atoms with Crippen LogP contribution < -0.4 is 10.6 Å². The summed E-state index contributed by atoms with van der Waals surface area (Å²) in [6, 6.07) is 6.08. The molecule has 0 radical (unpaired) electrons. The van der Waals surface area contributed by atoms with Crippen molar-refractivity contribution in [1.29, 1.82) is 0 Å². The lowest BCUT2D eigenvalue weighted by atomic mass is 10.1. The van der Waals surface area contributed by atoms with E-state index >= 15 is 0 Å². The van der Waals surface area contributed by atoms with Crippen LogP contribution >= 0.6 is 15.9 Å². The average molecular weight is 313 g/mol. The maximum Gasteiger partial charge on any atom is 0.315 e. The van der Waals surface area contributed by atoms with Crippen LogP contribution in [0.15, 0.2) is 22.7 Å². The standard InChI is InChI=1S/C14H21BrN2O/c1-10-5-6-12(15)9-11(10)7-8-16-13(18)17-14(2,3)4/h5-6,9H,7-8H2,1-4H3,(H2,16,17,18). The predicted molar refractivity (Wildman–Crippen MR) is 78.9 cm³/mol. The molecule has 100 valence electrons. The highest BCUT2D eigenvalue weighted by molar-refractivity contribution is 9.10. The molecule has 0 aliphatic rings. The summed E-state index contributed by atoms with van der Waals surface area (Å²) >= 11 is 3.46. The Kier molecular flexibility index (Phi) is 5.20. The Morgan fingerprint density at radius 1 is 1.33 bits per heavy atom. The molecule has 0 saturated heterocycles. The van der Waals surface area contributed by atoms with Gasteiger partial charge < -0.3 is 10.6 Å². The molecule has 0 unspecified atom stereocenters. The smallest absolute Gasteiger partial charge is 0.315 e. The van der Waals surface area contributed by atoms with Crippen molar-refractivity contribution < 1.29 is 4.79 Å². The minimum absolute atomic E-state index is 0.116. The van der Waals surface area contributed by atoms with Gasteiger partial charge in [0.25, 0.3) is 0 Å². The molecule has 0 bridgehead atoms. The van der Waals surface area contributed by atoms with Gasteiger partial charge in [-0.05, 0) is 57.4 Å². The van der Waals surface area contributed by atoms with Crippen LogP contribution in [0.3, 0.4) is 0 Å². The molecule has 3 nitrogen and oxygen atoms in total. The van der Waals surface area contributed by atoms with Gasteiger partial charge in [-0.3, -0.25) is 0 Å². The first-order valence-electron chi connectivity index (χ1n) is 6.09. The van der Waals surface area contributed by atoms with Gasteiger partial charge in [0.2, 0.25) is 0 Å². The first-order chi connectivity index (χ1) is 8.28. The third-order valence-corrected chi connectivity index (χ3v) is 2.97. The fourth-order valence-corrected chi connectivity index (χ4v) is 2.01. The van der Waals surface area contributed by atoms with Crippen LogP contribution in [0.5, 0.6) is 0 Å². The number of hydrogen-bond acceptors (Lipinski definition) is 1. The summed E-state index contributed by atoms with van der Waals surface area (Å²) in [6.45, 7) is 8.61. The molecule has 0 heterocycles. The predicted octanol–water partition coefficient (Wildman–Crippen LogP) is 3.40. The van der Waals surface area contributed by atoms with Gasteiger partial charge in [-0.15, -0.1) is 0 Å². The second-order valence-corrected chi connectivity index (χ2v) is 6.37. The normalized spacial score (nSPS) is 11.2. The molecule has 0 spiro atoms. The van der Waals surface area contributed by atoms with Crippen molar-refractivity contribution in [2.24, 2.45) is 0 Å². The Balaban J connectivity index is 2.42. The van der Waals surface area contributed by atoms with Gasteiger partial charge in [0, 0.05) is 16.6 Å². The summed E-state index contributed by atoms with van der Waals surface area (Å²) in [5.41, 5.74) is 2.30. The summed E-state index contributed by atoms with van der Waals surface area (Å²) in [6.07, 6.45) is 0.836. The second kappa shape index (κ2) is 6.23. The molecule has 1 rings (SSSR count). The maximum atomic E-state index is 11.6. The van der Waals surface area contributed by atoms with E-state index in [9.17, 15) is 4.79 Å². The molecule has 2 amide bonds. The highest BCUT2D eigenvalue weighted by Gasteiger charge is 2.12. The number of nitrogens with one attached hydrogen (secondary N) is 2. The molecule has 0 fully saturated rings. The molecular formula is C14H21BrN2O. The largest absolute Gasteiger partial charge is 0.338 e. The quantitative estimate of drug-likeness (QED) is 0.882. The average Bonchev–Trinajstić information content (AvgIpc) is 2.20. The van der Waals surface area contributed by atoms with Crippen LogP contribution in [0.25, 0.3) is 0 Å². The lowest BCUT2D eigenvalue weighted by Crippen LogP contribution is -2.46. The van der Waals surface area contributed by atoms with Crippen molar-refractivity contribution in [3.8, 4) is 0 Å². The second-order valence-electron chi connectivity index (χ2n) is 5.45. The molecule has 0 aliphatic heterocycles. The van der Waals surface area contributed by atoms with E-state index < -0.39 is 0 Å². The van der Waals surface area contributed by atoms with Crippen LogP contribution in [0.2, 0.25) is 0 Å². The van der Waals surface area contributed by atoms with Crippen molar-refractivity contribution in [3.63, 3.8) is 0 Å². The van der Waals surface area contributed by atoms with E-state index in [-0.39, 0.29) is 11.6 Å². The summed E-state index contributed by atoms with van der Waals surface area (Å²) in [5, 5.41) is 5.74. The first kappa shape index (κ1) is 15.0. The zero-order valence-electron chi connectivity index (χ0n) is 11.4. The SMILES string of the molecule is Cc1ccc(Br)cc1CCNC(=O)NC(C)(C)C. The Hall–Kier alpha value is -1.03. The van der Waals surface area contributed by atoms with E-state index in [1.807, 2.05) is 26.8 Å². The highest BCUT2D eigenvalue weighted by Crippen LogP contribution is 2.16. The Morgan fingerprint density at radius 2 is 2.00 bits per heavy atom. The Bertz CT molecular complexity index is 424. The lowest BCUT2D eigenvalue weighted by molar-refractivity contribution is 0.232. The van der Waals surface area contributed by atoms with Crippen molar-refractivity contribution >= 4 is 22.0 Å². The number of carbonyl (C=O) groups excluding carboxylic acids is 1. The van der Waals surface area contributed by atoms with Gasteiger partial charge in [0.05, 0.1) is 0 Å². The minimum Gasteiger partial charge on any atom is -0.338 e. The number of carbonyl (C=O) groups is 1. The number of halogens is 1. The third kappa shape index (κ3) is 5.54. The summed E-state index contributed by atoms with van der Waals surface area (Å²) in [7, 11) is 0. The van der Waals surface area contributed by atoms with Crippen molar-refractivity contribution in [3.05, 3.63) is 33.8 Å². The zero-order chi connectivity index (χ0) is 13.8. The van der Waals surface area contributed by atoms with E-state index in [0.717, 1.165) is 10.9 Å². The molecule has 0 aliphatic carbocycles. The van der Waals surface area contributed by atoms with Crippen molar-refractivity contribution in [2.45, 2.75) is 39.7 Å². The Labute approximate surface area is 117 Å². The molecule has 4 heteroatoms. The fraction of sp³-hybridized carbons (Fsp3) is 0.500. The number of benzene rings is 1. The lowest BCUT2D eigenvalue weighted by Gasteiger charge is -2.20. The maximum absolute atomic E-state index is 11.6.